The first kappa shape index (κ1) is 16.7. The van der Waals surface area contributed by atoms with Gasteiger partial charge in [-0.1, -0.05) is 6.42 Å². The molecule has 1 aromatic rings. The fourth-order valence-corrected chi connectivity index (χ4v) is 5.04. The van der Waals surface area contributed by atoms with Crippen LogP contribution in [-0.2, 0) is 17.8 Å². The van der Waals surface area contributed by atoms with Gasteiger partial charge in [-0.25, -0.2) is 0 Å². The van der Waals surface area contributed by atoms with E-state index in [9.17, 15) is 4.79 Å². The average molecular weight is 343 g/mol. The highest BCUT2D eigenvalue weighted by Gasteiger charge is 2.40. The van der Waals surface area contributed by atoms with Crippen LogP contribution in [-0.4, -0.2) is 18.6 Å². The molecule has 0 spiro atoms. The molecule has 1 aliphatic heterocycles. The Morgan fingerprint density at radius 2 is 2.20 bits per heavy atom. The number of hydrogen-bond acceptors (Lipinski definition) is 3. The zero-order chi connectivity index (χ0) is 17.4. The second-order valence-electron chi connectivity index (χ2n) is 8.05. The number of ether oxygens (including phenoxy) is 2. The molecular weight excluding hydrogens is 314 g/mol. The molecule has 0 saturated heterocycles. The van der Waals surface area contributed by atoms with E-state index in [2.05, 4.69) is 18.3 Å². The van der Waals surface area contributed by atoms with Gasteiger partial charge in [0.1, 0.15) is 17.6 Å². The first-order valence-corrected chi connectivity index (χ1v) is 9.84. The van der Waals surface area contributed by atoms with Gasteiger partial charge in [0.15, 0.2) is 0 Å². The Kier molecular flexibility index (Phi) is 4.61. The number of carbonyl (C=O) groups is 1. The van der Waals surface area contributed by atoms with Crippen molar-refractivity contribution in [2.45, 2.75) is 65.0 Å². The minimum atomic E-state index is 0.176. The summed E-state index contributed by atoms with van der Waals surface area (Å²) < 4.78 is 11.7. The Labute approximate surface area is 150 Å². The van der Waals surface area contributed by atoms with Crippen molar-refractivity contribution in [3.8, 4) is 11.5 Å². The summed E-state index contributed by atoms with van der Waals surface area (Å²) in [7, 11) is 0. The molecule has 4 atom stereocenters. The van der Waals surface area contributed by atoms with Crippen molar-refractivity contribution in [1.82, 2.24) is 5.32 Å². The molecule has 2 aliphatic carbocycles. The normalized spacial score (nSPS) is 29.4. The topological polar surface area (TPSA) is 47.6 Å². The Morgan fingerprint density at radius 1 is 1.32 bits per heavy atom. The van der Waals surface area contributed by atoms with Crippen LogP contribution < -0.4 is 14.8 Å². The van der Waals surface area contributed by atoms with Crippen molar-refractivity contribution in [3.05, 3.63) is 23.3 Å². The second kappa shape index (κ2) is 6.89. The van der Waals surface area contributed by atoms with Crippen LogP contribution in [0, 0.1) is 17.8 Å². The van der Waals surface area contributed by atoms with Crippen LogP contribution in [0.5, 0.6) is 11.5 Å². The molecule has 25 heavy (non-hydrogen) atoms. The third-order valence-corrected chi connectivity index (χ3v) is 6.19. The van der Waals surface area contributed by atoms with Gasteiger partial charge in [0.05, 0.1) is 6.61 Å². The van der Waals surface area contributed by atoms with E-state index in [1.807, 2.05) is 13.0 Å². The molecule has 0 aromatic heterocycles. The van der Waals surface area contributed by atoms with E-state index in [1.54, 1.807) is 0 Å². The van der Waals surface area contributed by atoms with Gasteiger partial charge in [-0.15, -0.1) is 0 Å². The van der Waals surface area contributed by atoms with Crippen molar-refractivity contribution < 1.29 is 14.3 Å². The SMILES string of the molecule is CCOc1cc2c(cc1CNC(=O)C[C@@H]1C[C@@H]3CC[C@@H]1C3)O[C@H](C)C2. The molecule has 4 heteroatoms. The van der Waals surface area contributed by atoms with Gasteiger partial charge in [0.2, 0.25) is 5.91 Å². The van der Waals surface area contributed by atoms with Crippen LogP contribution >= 0.6 is 0 Å². The van der Waals surface area contributed by atoms with Crippen molar-refractivity contribution in [3.63, 3.8) is 0 Å². The molecule has 0 radical (unpaired) electrons. The Morgan fingerprint density at radius 3 is 2.92 bits per heavy atom. The van der Waals surface area contributed by atoms with Crippen LogP contribution in [0.15, 0.2) is 12.1 Å². The summed E-state index contributed by atoms with van der Waals surface area (Å²) in [6.45, 7) is 5.21. The first-order chi connectivity index (χ1) is 12.1. The second-order valence-corrected chi connectivity index (χ2v) is 8.05. The first-order valence-electron chi connectivity index (χ1n) is 9.84. The predicted octanol–water partition coefficient (Wildman–Crippen LogP) is 3.85. The van der Waals surface area contributed by atoms with Crippen LogP contribution in [0.3, 0.4) is 0 Å². The molecule has 1 aromatic carbocycles. The molecule has 3 aliphatic rings. The van der Waals surface area contributed by atoms with Crippen LogP contribution in [0.1, 0.15) is 57.1 Å². The smallest absolute Gasteiger partial charge is 0.220 e. The summed E-state index contributed by atoms with van der Waals surface area (Å²) in [5.74, 6) is 4.28. The largest absolute Gasteiger partial charge is 0.494 e. The summed E-state index contributed by atoms with van der Waals surface area (Å²) in [5, 5.41) is 3.11. The number of amides is 1. The van der Waals surface area contributed by atoms with Crippen LogP contribution in [0.25, 0.3) is 0 Å². The number of fused-ring (bicyclic) bond motifs is 3. The van der Waals surface area contributed by atoms with Crippen LogP contribution in [0.2, 0.25) is 0 Å². The third-order valence-electron chi connectivity index (χ3n) is 6.19. The van der Waals surface area contributed by atoms with Gasteiger partial charge >= 0.3 is 0 Å². The number of nitrogens with one attached hydrogen (secondary N) is 1. The molecule has 1 amide bonds. The highest BCUT2D eigenvalue weighted by Crippen LogP contribution is 2.49. The highest BCUT2D eigenvalue weighted by atomic mass is 16.5. The summed E-state index contributed by atoms with van der Waals surface area (Å²) in [4.78, 5) is 12.4. The summed E-state index contributed by atoms with van der Waals surface area (Å²) in [5.41, 5.74) is 2.21. The summed E-state index contributed by atoms with van der Waals surface area (Å²) in [6, 6.07) is 4.13. The van der Waals surface area contributed by atoms with Gasteiger partial charge in [-0.2, -0.15) is 0 Å². The maximum Gasteiger partial charge on any atom is 0.220 e. The number of benzene rings is 1. The van der Waals surface area contributed by atoms with Gasteiger partial charge < -0.3 is 14.8 Å². The van der Waals surface area contributed by atoms with Gasteiger partial charge in [0, 0.05) is 30.5 Å². The molecule has 2 bridgehead atoms. The molecule has 0 unspecified atom stereocenters. The monoisotopic (exact) mass is 343 g/mol. The highest BCUT2D eigenvalue weighted by molar-refractivity contribution is 5.76. The van der Waals surface area contributed by atoms with Crippen molar-refractivity contribution in [2.24, 2.45) is 17.8 Å². The van der Waals surface area contributed by atoms with Crippen LogP contribution in [0.4, 0.5) is 0 Å². The lowest BCUT2D eigenvalue weighted by Gasteiger charge is -2.21. The molecule has 136 valence electrons. The summed E-state index contributed by atoms with van der Waals surface area (Å²) >= 11 is 0. The fraction of sp³-hybridized carbons (Fsp3) is 0.667. The van der Waals surface area contributed by atoms with E-state index in [0.717, 1.165) is 35.3 Å². The fourth-order valence-electron chi connectivity index (χ4n) is 5.04. The quantitative estimate of drug-likeness (QED) is 0.853. The van der Waals surface area contributed by atoms with Gasteiger partial charge in [-0.3, -0.25) is 4.79 Å². The Bertz CT molecular complexity index is 657. The Hall–Kier alpha value is -1.71. The number of carbonyl (C=O) groups excluding carboxylic acids is 1. The molecule has 1 N–H and O–H groups in total. The zero-order valence-electron chi connectivity index (χ0n) is 15.3. The predicted molar refractivity (Wildman–Crippen MR) is 96.8 cm³/mol. The average Bonchev–Trinajstić information content (AvgIpc) is 3.27. The van der Waals surface area contributed by atoms with E-state index in [-0.39, 0.29) is 12.0 Å². The molecule has 4 nitrogen and oxygen atoms in total. The van der Waals surface area contributed by atoms with Gasteiger partial charge in [-0.05, 0) is 63.0 Å². The molecular formula is C21H29NO3. The van der Waals surface area contributed by atoms with E-state index in [4.69, 9.17) is 9.47 Å². The molecule has 2 fully saturated rings. The van der Waals surface area contributed by atoms with Crippen molar-refractivity contribution in [2.75, 3.05) is 6.61 Å². The maximum absolute atomic E-state index is 12.4. The standard InChI is InChI=1S/C21H29NO3/c1-3-24-19-9-17-6-13(2)25-20(17)10-18(19)12-22-21(23)11-16-8-14-4-5-15(16)7-14/h9-10,13-16H,3-8,11-12H2,1-2H3,(H,22,23)/t13-,14-,15-,16+/m1/s1. The lowest BCUT2D eigenvalue weighted by molar-refractivity contribution is -0.122. The molecule has 4 rings (SSSR count). The lowest BCUT2D eigenvalue weighted by atomic mass is 9.86. The third kappa shape index (κ3) is 3.49. The minimum Gasteiger partial charge on any atom is -0.494 e. The Balaban J connectivity index is 1.38. The molecule has 2 saturated carbocycles. The number of rotatable bonds is 6. The van der Waals surface area contributed by atoms with E-state index in [0.29, 0.717) is 25.5 Å². The lowest BCUT2D eigenvalue weighted by Crippen LogP contribution is -2.27. The van der Waals surface area contributed by atoms with Crippen molar-refractivity contribution >= 4 is 5.91 Å². The summed E-state index contributed by atoms with van der Waals surface area (Å²) in [6.07, 6.45) is 7.15. The van der Waals surface area contributed by atoms with E-state index < -0.39 is 0 Å². The van der Waals surface area contributed by atoms with E-state index in [1.165, 1.54) is 31.2 Å². The minimum absolute atomic E-state index is 0.176. The zero-order valence-corrected chi connectivity index (χ0v) is 15.3. The number of hydrogen-bond donors (Lipinski definition) is 1. The van der Waals surface area contributed by atoms with Crippen molar-refractivity contribution in [1.29, 1.82) is 0 Å². The molecule has 1 heterocycles. The van der Waals surface area contributed by atoms with Gasteiger partial charge in [0.25, 0.3) is 0 Å². The van der Waals surface area contributed by atoms with E-state index >= 15 is 0 Å². The maximum atomic E-state index is 12.4.